The summed E-state index contributed by atoms with van der Waals surface area (Å²) in [5, 5.41) is 0. The Morgan fingerprint density at radius 1 is 0.950 bits per heavy atom. The van der Waals surface area contributed by atoms with Crippen LogP contribution in [0.1, 0.15) is 32.6 Å². The van der Waals surface area contributed by atoms with Crippen LogP contribution in [-0.2, 0) is 9.84 Å². The van der Waals surface area contributed by atoms with E-state index in [1.807, 2.05) is 0 Å². The number of sulfone groups is 1. The smallest absolute Gasteiger partial charge is 0.150 e. The number of nitrogens with zero attached hydrogens (tertiary/aromatic N) is 2. The van der Waals surface area contributed by atoms with E-state index >= 15 is 0 Å². The van der Waals surface area contributed by atoms with Gasteiger partial charge in [-0.2, -0.15) is 0 Å². The third-order valence-electron chi connectivity index (χ3n) is 3.98. The summed E-state index contributed by atoms with van der Waals surface area (Å²) in [6.45, 7) is 8.99. The van der Waals surface area contributed by atoms with Crippen molar-refractivity contribution in [2.24, 2.45) is 5.73 Å². The summed E-state index contributed by atoms with van der Waals surface area (Å²) in [6, 6.07) is 0. The average Bonchev–Trinajstić information content (AvgIpc) is 2.65. The molecular weight excluding hydrogens is 274 g/mol. The quantitative estimate of drug-likeness (QED) is 0.631. The van der Waals surface area contributed by atoms with Crippen LogP contribution in [0.15, 0.2) is 0 Å². The van der Waals surface area contributed by atoms with Gasteiger partial charge in [0.1, 0.15) is 9.84 Å². The molecule has 0 aliphatic carbocycles. The van der Waals surface area contributed by atoms with Gasteiger partial charge in [-0.1, -0.05) is 6.92 Å². The topological polar surface area (TPSA) is 66.6 Å². The largest absolute Gasteiger partial charge is 0.330 e. The van der Waals surface area contributed by atoms with E-state index < -0.39 is 9.84 Å². The highest BCUT2D eigenvalue weighted by molar-refractivity contribution is 7.91. The fourth-order valence-electron chi connectivity index (χ4n) is 2.60. The van der Waals surface area contributed by atoms with E-state index in [4.69, 9.17) is 5.73 Å². The van der Waals surface area contributed by atoms with Gasteiger partial charge in [-0.25, -0.2) is 8.42 Å². The molecule has 1 fully saturated rings. The molecule has 1 aliphatic heterocycles. The van der Waals surface area contributed by atoms with E-state index in [1.54, 1.807) is 6.92 Å². The van der Waals surface area contributed by atoms with Crippen LogP contribution in [0.25, 0.3) is 0 Å². The summed E-state index contributed by atoms with van der Waals surface area (Å²) in [5.41, 5.74) is 5.52. The molecule has 0 unspecified atom stereocenters. The maximum atomic E-state index is 11.5. The standard InChI is InChI=1S/C14H31N3O2S/c1-2-20(18,19)14-6-11-17-10-5-9-16(12-13-17)8-4-3-7-15/h2-15H2,1H3. The lowest BCUT2D eigenvalue weighted by atomic mass is 10.3. The fraction of sp³-hybridized carbons (Fsp3) is 1.00. The minimum absolute atomic E-state index is 0.266. The van der Waals surface area contributed by atoms with Gasteiger partial charge in [-0.15, -0.1) is 0 Å². The van der Waals surface area contributed by atoms with E-state index in [1.165, 1.54) is 12.8 Å². The van der Waals surface area contributed by atoms with Crippen LogP contribution in [0, 0.1) is 0 Å². The predicted octanol–water partition coefficient (Wildman–Crippen LogP) is 0.558. The van der Waals surface area contributed by atoms with Crippen LogP contribution in [0.4, 0.5) is 0 Å². The molecule has 120 valence electrons. The predicted molar refractivity (Wildman–Crippen MR) is 84.7 cm³/mol. The Balaban J connectivity index is 2.20. The monoisotopic (exact) mass is 305 g/mol. The van der Waals surface area contributed by atoms with Crippen molar-refractivity contribution in [2.75, 3.05) is 57.3 Å². The SMILES string of the molecule is CCS(=O)(=O)CCCN1CCCN(CCCCN)CC1. The number of nitrogens with two attached hydrogens (primary N) is 1. The van der Waals surface area contributed by atoms with E-state index in [9.17, 15) is 8.42 Å². The molecule has 1 heterocycles. The molecule has 2 N–H and O–H groups in total. The van der Waals surface area contributed by atoms with Gasteiger partial charge < -0.3 is 15.5 Å². The molecule has 0 aromatic heterocycles. The van der Waals surface area contributed by atoms with E-state index in [-0.39, 0.29) is 5.75 Å². The second kappa shape index (κ2) is 9.71. The van der Waals surface area contributed by atoms with Gasteiger partial charge in [0.25, 0.3) is 0 Å². The molecule has 0 saturated carbocycles. The second-order valence-corrected chi connectivity index (χ2v) is 8.10. The van der Waals surface area contributed by atoms with Crippen molar-refractivity contribution in [3.8, 4) is 0 Å². The second-order valence-electron chi connectivity index (χ2n) is 5.62. The first-order valence-electron chi connectivity index (χ1n) is 7.92. The van der Waals surface area contributed by atoms with Crippen molar-refractivity contribution in [1.82, 2.24) is 9.80 Å². The number of unbranched alkanes of at least 4 members (excludes halogenated alkanes) is 1. The Kier molecular flexibility index (Phi) is 8.68. The molecule has 0 radical (unpaired) electrons. The van der Waals surface area contributed by atoms with Crippen LogP contribution < -0.4 is 5.73 Å². The molecule has 5 nitrogen and oxygen atoms in total. The van der Waals surface area contributed by atoms with Gasteiger partial charge in [0, 0.05) is 18.8 Å². The summed E-state index contributed by atoms with van der Waals surface area (Å²) >= 11 is 0. The van der Waals surface area contributed by atoms with Crippen LogP contribution in [-0.4, -0.2) is 75.5 Å². The zero-order valence-corrected chi connectivity index (χ0v) is 13.7. The van der Waals surface area contributed by atoms with Crippen LogP contribution in [0.3, 0.4) is 0 Å². The molecule has 0 bridgehead atoms. The molecule has 1 rings (SSSR count). The summed E-state index contributed by atoms with van der Waals surface area (Å²) in [5.74, 6) is 0.599. The summed E-state index contributed by atoms with van der Waals surface area (Å²) < 4.78 is 22.9. The van der Waals surface area contributed by atoms with Gasteiger partial charge in [0.05, 0.1) is 5.75 Å². The Bertz CT molecular complexity index is 346. The van der Waals surface area contributed by atoms with Crippen molar-refractivity contribution in [3.63, 3.8) is 0 Å². The van der Waals surface area contributed by atoms with E-state index in [2.05, 4.69) is 9.80 Å². The molecule has 0 amide bonds. The normalized spacial score (nSPS) is 19.1. The lowest BCUT2D eigenvalue weighted by Gasteiger charge is -2.21. The van der Waals surface area contributed by atoms with Crippen molar-refractivity contribution in [2.45, 2.75) is 32.6 Å². The third kappa shape index (κ3) is 7.57. The minimum Gasteiger partial charge on any atom is -0.330 e. The molecule has 1 aliphatic rings. The molecular formula is C14H31N3O2S. The first kappa shape index (κ1) is 17.9. The lowest BCUT2D eigenvalue weighted by Crippen LogP contribution is -2.32. The Morgan fingerprint density at radius 2 is 1.55 bits per heavy atom. The molecule has 0 spiro atoms. The first-order valence-corrected chi connectivity index (χ1v) is 9.74. The molecule has 1 saturated heterocycles. The lowest BCUT2D eigenvalue weighted by molar-refractivity contribution is 0.254. The van der Waals surface area contributed by atoms with Gasteiger partial charge >= 0.3 is 0 Å². The maximum Gasteiger partial charge on any atom is 0.150 e. The van der Waals surface area contributed by atoms with Gasteiger partial charge in [0.2, 0.25) is 0 Å². The van der Waals surface area contributed by atoms with Crippen LogP contribution >= 0.6 is 0 Å². The van der Waals surface area contributed by atoms with Crippen molar-refractivity contribution < 1.29 is 8.42 Å². The highest BCUT2D eigenvalue weighted by Gasteiger charge is 2.15. The molecule has 0 atom stereocenters. The third-order valence-corrected chi connectivity index (χ3v) is 5.77. The maximum absolute atomic E-state index is 11.5. The fourth-order valence-corrected chi connectivity index (χ4v) is 3.46. The van der Waals surface area contributed by atoms with Crippen molar-refractivity contribution in [3.05, 3.63) is 0 Å². The first-order chi connectivity index (χ1) is 9.57. The average molecular weight is 305 g/mol. The Morgan fingerprint density at radius 3 is 2.10 bits per heavy atom. The molecule has 0 aromatic rings. The van der Waals surface area contributed by atoms with Gasteiger partial charge in [-0.05, 0) is 58.4 Å². The number of hydrogen-bond acceptors (Lipinski definition) is 5. The molecule has 20 heavy (non-hydrogen) atoms. The van der Waals surface area contributed by atoms with Crippen molar-refractivity contribution in [1.29, 1.82) is 0 Å². The summed E-state index contributed by atoms with van der Waals surface area (Å²) in [6.07, 6.45) is 4.24. The number of hydrogen-bond donors (Lipinski definition) is 1. The van der Waals surface area contributed by atoms with Crippen molar-refractivity contribution >= 4 is 9.84 Å². The van der Waals surface area contributed by atoms with Crippen LogP contribution in [0.2, 0.25) is 0 Å². The Labute approximate surface area is 124 Å². The zero-order chi connectivity index (χ0) is 14.8. The number of rotatable bonds is 9. The summed E-state index contributed by atoms with van der Waals surface area (Å²) in [4.78, 5) is 4.92. The highest BCUT2D eigenvalue weighted by atomic mass is 32.2. The van der Waals surface area contributed by atoms with E-state index in [0.717, 1.165) is 58.7 Å². The highest BCUT2D eigenvalue weighted by Crippen LogP contribution is 2.06. The van der Waals surface area contributed by atoms with E-state index in [0.29, 0.717) is 5.75 Å². The van der Waals surface area contributed by atoms with Crippen LogP contribution in [0.5, 0.6) is 0 Å². The van der Waals surface area contributed by atoms with Gasteiger partial charge in [0.15, 0.2) is 0 Å². The molecule has 0 aromatic carbocycles. The summed E-state index contributed by atoms with van der Waals surface area (Å²) in [7, 11) is -2.80. The minimum atomic E-state index is -2.80. The zero-order valence-electron chi connectivity index (χ0n) is 12.9. The molecule has 6 heteroatoms. The Hall–Kier alpha value is -0.170. The van der Waals surface area contributed by atoms with Gasteiger partial charge in [-0.3, -0.25) is 0 Å².